The molecule has 12 heteroatoms. The van der Waals surface area contributed by atoms with Gasteiger partial charge in [0, 0.05) is 5.92 Å². The van der Waals surface area contributed by atoms with Crippen LogP contribution in [0.2, 0.25) is 0 Å². The number of hydrogen-bond donors (Lipinski definition) is 1. The van der Waals surface area contributed by atoms with Gasteiger partial charge >= 0.3 is 23.9 Å². The number of Topliss-reactive ketones (excluding diaryl/α,β-unsaturated/α-hetero) is 2. The summed E-state index contributed by atoms with van der Waals surface area (Å²) in [5.41, 5.74) is -0.383. The molecule has 0 fully saturated rings. The third-order valence-corrected chi connectivity index (χ3v) is 2.46. The van der Waals surface area contributed by atoms with E-state index in [1.807, 2.05) is 0 Å². The van der Waals surface area contributed by atoms with Crippen LogP contribution in [0.5, 0.6) is 0 Å². The van der Waals surface area contributed by atoms with Crippen molar-refractivity contribution in [2.24, 2.45) is 5.92 Å². The maximum Gasteiger partial charge on any atom is 0.458 e. The Labute approximate surface area is 141 Å². The van der Waals surface area contributed by atoms with Crippen molar-refractivity contribution >= 4 is 23.2 Å². The highest BCUT2D eigenvalue weighted by atomic mass is 19.4. The summed E-state index contributed by atoms with van der Waals surface area (Å²) in [6.45, 7) is 3.29. The molecule has 26 heavy (non-hydrogen) atoms. The normalized spacial score (nSPS) is 11.5. The van der Waals surface area contributed by atoms with Crippen molar-refractivity contribution in [3.05, 3.63) is 29.8 Å². The number of rotatable bonds is 3. The summed E-state index contributed by atoms with van der Waals surface area (Å²) in [4.78, 5) is 30.4. The molecular weight excluding hydrogens is 382 g/mol. The Morgan fingerprint density at radius 3 is 1.46 bits per heavy atom. The first kappa shape index (κ1) is 23.5. The van der Waals surface area contributed by atoms with Crippen molar-refractivity contribution in [2.75, 3.05) is 5.32 Å². The van der Waals surface area contributed by atoms with Crippen LogP contribution >= 0.6 is 0 Å². The number of benzene rings is 1. The molecule has 0 aromatic heterocycles. The molecule has 0 saturated carbocycles. The maximum absolute atomic E-state index is 13.0. The zero-order chi connectivity index (χ0) is 20.9. The van der Waals surface area contributed by atoms with Gasteiger partial charge in [-0.2, -0.15) is 26.3 Å². The smallest absolute Gasteiger partial charge is 0.321 e. The number of alkyl halides is 6. The summed E-state index contributed by atoms with van der Waals surface area (Å²) in [5, 5.41) is 2.19. The number of hydrogen-bond acceptors (Lipinski definition) is 3. The molecule has 0 bridgehead atoms. The van der Waals surface area contributed by atoms with Gasteiger partial charge in [0.15, 0.2) is 0 Å². The SMILES string of the molecule is CC(C)C(=O)Nc1c(F)cccc1F.O=C(C(=O)C(F)(F)F)C(F)(F)F. The van der Waals surface area contributed by atoms with Gasteiger partial charge in [-0.15, -0.1) is 0 Å². The molecule has 0 heterocycles. The lowest BCUT2D eigenvalue weighted by molar-refractivity contribution is -0.193. The molecule has 1 aromatic carbocycles. The number of amides is 1. The van der Waals surface area contributed by atoms with E-state index in [4.69, 9.17) is 0 Å². The van der Waals surface area contributed by atoms with E-state index < -0.39 is 41.5 Å². The van der Waals surface area contributed by atoms with Crippen molar-refractivity contribution in [1.82, 2.24) is 0 Å². The monoisotopic (exact) mass is 393 g/mol. The summed E-state index contributed by atoms with van der Waals surface area (Å²) >= 11 is 0. The molecule has 0 aliphatic rings. The van der Waals surface area contributed by atoms with E-state index in [2.05, 4.69) is 5.32 Å². The molecule has 146 valence electrons. The predicted octanol–water partition coefficient (Wildman–Crippen LogP) is 3.81. The molecule has 0 aliphatic carbocycles. The van der Waals surface area contributed by atoms with Gasteiger partial charge in [0.2, 0.25) is 5.91 Å². The Bertz CT molecular complexity index is 635. The molecule has 1 amide bonds. The molecule has 0 aliphatic heterocycles. The molecule has 0 unspecified atom stereocenters. The summed E-state index contributed by atoms with van der Waals surface area (Å²) in [6, 6.07) is 3.44. The fraction of sp³-hybridized carbons (Fsp3) is 0.357. The fourth-order valence-corrected chi connectivity index (χ4v) is 1.14. The quantitative estimate of drug-likeness (QED) is 0.628. The van der Waals surface area contributed by atoms with Crippen molar-refractivity contribution in [1.29, 1.82) is 0 Å². The minimum atomic E-state index is -5.77. The highest BCUT2D eigenvalue weighted by Crippen LogP contribution is 2.24. The number of halogens is 8. The summed E-state index contributed by atoms with van der Waals surface area (Å²) in [7, 11) is 0. The van der Waals surface area contributed by atoms with Gasteiger partial charge in [0.25, 0.3) is 0 Å². The lowest BCUT2D eigenvalue weighted by Crippen LogP contribution is -2.39. The van der Waals surface area contributed by atoms with Crippen LogP contribution in [0.15, 0.2) is 18.2 Å². The molecular formula is C14H11F8NO3. The molecule has 1 rings (SSSR count). The number of para-hydroxylation sites is 1. The topological polar surface area (TPSA) is 63.2 Å². The Morgan fingerprint density at radius 2 is 1.19 bits per heavy atom. The standard InChI is InChI=1S/C10H11F2NO.C4F6O2/c1-6(2)10(14)13-9-7(11)4-3-5-8(9)12;5-3(6,7)1(11)2(12)4(8,9)10/h3-6H,1-2H3,(H,13,14);. The molecule has 0 saturated heterocycles. The summed E-state index contributed by atoms with van der Waals surface area (Å²) in [5.74, 6) is -9.06. The second kappa shape index (κ2) is 8.72. The van der Waals surface area contributed by atoms with Crippen LogP contribution < -0.4 is 5.32 Å². The number of carbonyl (C=O) groups excluding carboxylic acids is 3. The van der Waals surface area contributed by atoms with Gasteiger partial charge in [-0.05, 0) is 12.1 Å². The highest BCUT2D eigenvalue weighted by Gasteiger charge is 2.54. The Morgan fingerprint density at radius 1 is 0.846 bits per heavy atom. The lowest BCUT2D eigenvalue weighted by Gasteiger charge is -2.08. The zero-order valence-electron chi connectivity index (χ0n) is 13.1. The first-order chi connectivity index (χ1) is 11.6. The molecule has 1 N–H and O–H groups in total. The second-order valence-corrected chi connectivity index (χ2v) is 4.89. The number of ketones is 2. The van der Waals surface area contributed by atoms with E-state index in [0.29, 0.717) is 0 Å². The Kier molecular flexibility index (Phi) is 7.87. The first-order valence-corrected chi connectivity index (χ1v) is 6.56. The van der Waals surface area contributed by atoms with Crippen LogP contribution in [0.25, 0.3) is 0 Å². The molecule has 0 spiro atoms. The van der Waals surface area contributed by atoms with E-state index in [9.17, 15) is 49.5 Å². The Hall–Kier alpha value is -2.53. The average molecular weight is 393 g/mol. The molecule has 0 atom stereocenters. The van der Waals surface area contributed by atoms with Crippen molar-refractivity contribution < 1.29 is 49.5 Å². The van der Waals surface area contributed by atoms with Crippen LogP contribution in [0.1, 0.15) is 13.8 Å². The fourth-order valence-electron chi connectivity index (χ4n) is 1.14. The van der Waals surface area contributed by atoms with Gasteiger partial charge in [-0.1, -0.05) is 19.9 Å². The third kappa shape index (κ3) is 7.15. The molecule has 1 aromatic rings. The van der Waals surface area contributed by atoms with Crippen molar-refractivity contribution in [3.63, 3.8) is 0 Å². The van der Waals surface area contributed by atoms with Crippen LogP contribution in [0, 0.1) is 17.6 Å². The minimum Gasteiger partial charge on any atom is -0.321 e. The lowest BCUT2D eigenvalue weighted by atomic mass is 10.2. The van der Waals surface area contributed by atoms with Gasteiger partial charge in [-0.25, -0.2) is 8.78 Å². The zero-order valence-corrected chi connectivity index (χ0v) is 13.1. The molecule has 0 radical (unpaired) electrons. The van der Waals surface area contributed by atoms with E-state index in [-0.39, 0.29) is 11.6 Å². The van der Waals surface area contributed by atoms with Gasteiger partial charge in [-0.3, -0.25) is 14.4 Å². The predicted molar refractivity (Wildman–Crippen MR) is 71.9 cm³/mol. The van der Waals surface area contributed by atoms with Gasteiger partial charge in [0.05, 0.1) is 0 Å². The largest absolute Gasteiger partial charge is 0.458 e. The summed E-state index contributed by atoms with van der Waals surface area (Å²) < 4.78 is 93.0. The Balaban J connectivity index is 0.000000488. The first-order valence-electron chi connectivity index (χ1n) is 6.56. The van der Waals surface area contributed by atoms with E-state index in [1.165, 1.54) is 6.07 Å². The average Bonchev–Trinajstić information content (AvgIpc) is 2.48. The number of anilines is 1. The van der Waals surface area contributed by atoms with E-state index in [1.54, 1.807) is 13.8 Å². The number of carbonyl (C=O) groups is 3. The van der Waals surface area contributed by atoms with Crippen molar-refractivity contribution in [2.45, 2.75) is 26.2 Å². The van der Waals surface area contributed by atoms with Crippen LogP contribution in [-0.2, 0) is 14.4 Å². The highest BCUT2D eigenvalue weighted by molar-refractivity contribution is 6.41. The third-order valence-electron chi connectivity index (χ3n) is 2.46. The summed E-state index contributed by atoms with van der Waals surface area (Å²) in [6.07, 6.45) is -11.5. The minimum absolute atomic E-state index is 0.311. The van der Waals surface area contributed by atoms with E-state index >= 15 is 0 Å². The van der Waals surface area contributed by atoms with Gasteiger partial charge < -0.3 is 5.32 Å². The van der Waals surface area contributed by atoms with E-state index in [0.717, 1.165) is 12.1 Å². The molecule has 4 nitrogen and oxygen atoms in total. The second-order valence-electron chi connectivity index (χ2n) is 4.89. The van der Waals surface area contributed by atoms with Gasteiger partial charge in [0.1, 0.15) is 17.3 Å². The van der Waals surface area contributed by atoms with Crippen molar-refractivity contribution in [3.8, 4) is 0 Å². The van der Waals surface area contributed by atoms with Crippen LogP contribution in [0.3, 0.4) is 0 Å². The maximum atomic E-state index is 13.0. The van der Waals surface area contributed by atoms with Crippen LogP contribution in [0.4, 0.5) is 40.8 Å². The van der Waals surface area contributed by atoms with Crippen LogP contribution in [-0.4, -0.2) is 29.8 Å². The number of nitrogens with one attached hydrogen (secondary N) is 1.